The zero-order valence-electron chi connectivity index (χ0n) is 13.9. The fourth-order valence-electron chi connectivity index (χ4n) is 3.04. The van der Waals surface area contributed by atoms with E-state index < -0.39 is 0 Å². The van der Waals surface area contributed by atoms with Gasteiger partial charge in [0.15, 0.2) is 5.13 Å². The molecule has 0 bridgehead atoms. The second kappa shape index (κ2) is 5.69. The lowest BCUT2D eigenvalue weighted by Gasteiger charge is -2.09. The van der Waals surface area contributed by atoms with E-state index in [2.05, 4.69) is 57.2 Å². The Bertz CT molecular complexity index is 507. The van der Waals surface area contributed by atoms with Crippen molar-refractivity contribution >= 4 is 22.4 Å². The molecule has 21 heavy (non-hydrogen) atoms. The maximum absolute atomic E-state index is 12.4. The molecule has 0 saturated heterocycles. The van der Waals surface area contributed by atoms with Crippen LogP contribution in [0.4, 0.5) is 5.13 Å². The highest BCUT2D eigenvalue weighted by atomic mass is 32.1. The number of hydrogen-bond acceptors (Lipinski definition) is 4. The van der Waals surface area contributed by atoms with Gasteiger partial charge in [0.05, 0.1) is 5.69 Å². The lowest BCUT2D eigenvalue weighted by atomic mass is 10.0. The van der Waals surface area contributed by atoms with Crippen LogP contribution < -0.4 is 10.6 Å². The van der Waals surface area contributed by atoms with Gasteiger partial charge in [0.1, 0.15) is 0 Å². The number of carbonyl (C=O) groups excluding carboxylic acids is 1. The van der Waals surface area contributed by atoms with Crippen LogP contribution >= 0.6 is 11.3 Å². The summed E-state index contributed by atoms with van der Waals surface area (Å²) in [5.41, 5.74) is 1.12. The van der Waals surface area contributed by atoms with Crippen molar-refractivity contribution in [3.05, 3.63) is 11.1 Å². The summed E-state index contributed by atoms with van der Waals surface area (Å²) >= 11 is 1.50. The van der Waals surface area contributed by atoms with E-state index in [1.807, 2.05) is 5.38 Å². The van der Waals surface area contributed by atoms with Crippen LogP contribution in [0.5, 0.6) is 0 Å². The smallest absolute Gasteiger partial charge is 0.230 e. The highest BCUT2D eigenvalue weighted by Gasteiger charge is 2.68. The fourth-order valence-corrected chi connectivity index (χ4v) is 3.84. The second-order valence-corrected chi connectivity index (χ2v) is 7.98. The van der Waals surface area contributed by atoms with E-state index >= 15 is 0 Å². The maximum Gasteiger partial charge on any atom is 0.230 e. The summed E-state index contributed by atoms with van der Waals surface area (Å²) in [7, 11) is 0. The molecule has 2 rings (SSSR count). The Morgan fingerprint density at radius 1 is 1.38 bits per heavy atom. The number of aromatic nitrogens is 1. The molecule has 4 nitrogen and oxygen atoms in total. The van der Waals surface area contributed by atoms with Crippen LogP contribution in [-0.2, 0) is 4.79 Å². The maximum atomic E-state index is 12.4. The molecule has 1 fully saturated rings. The number of amides is 1. The van der Waals surface area contributed by atoms with Gasteiger partial charge in [-0.25, -0.2) is 4.98 Å². The number of rotatable bonds is 6. The Balaban J connectivity index is 1.96. The third-order valence-electron chi connectivity index (χ3n) is 5.18. The quantitative estimate of drug-likeness (QED) is 0.840. The number of hydrogen-bond donors (Lipinski definition) is 2. The summed E-state index contributed by atoms with van der Waals surface area (Å²) < 4.78 is 0. The molecule has 0 radical (unpaired) electrons. The Kier molecular flexibility index (Phi) is 4.45. The minimum atomic E-state index is 0.0626. The standard InChI is InChI=1S/C16H27N3OS/c1-7-8-17-10(2)11-9-21-14(18-11)19-13(20)12-15(3,4)16(12,5)6/h9-10,12,17H,7-8H2,1-6H3,(H,18,19,20). The third kappa shape index (κ3) is 2.99. The van der Waals surface area contributed by atoms with Crippen LogP contribution in [0.15, 0.2) is 5.38 Å². The highest BCUT2D eigenvalue weighted by molar-refractivity contribution is 7.13. The van der Waals surface area contributed by atoms with Crippen LogP contribution in [-0.4, -0.2) is 17.4 Å². The van der Waals surface area contributed by atoms with Gasteiger partial charge in [-0.05, 0) is 30.7 Å². The summed E-state index contributed by atoms with van der Waals surface area (Å²) in [4.78, 5) is 16.9. The molecule has 1 heterocycles. The molecule has 1 aliphatic rings. The molecule has 5 heteroatoms. The highest BCUT2D eigenvalue weighted by Crippen LogP contribution is 2.68. The SMILES string of the molecule is CCCNC(C)c1csc(NC(=O)C2C(C)(C)C2(C)C)n1. The summed E-state index contributed by atoms with van der Waals surface area (Å²) in [6.07, 6.45) is 1.10. The molecule has 1 atom stereocenters. The molecule has 0 spiro atoms. The summed E-state index contributed by atoms with van der Waals surface area (Å²) in [6, 6.07) is 0.223. The number of nitrogens with zero attached hydrogens (tertiary/aromatic N) is 1. The van der Waals surface area contributed by atoms with E-state index in [-0.39, 0.29) is 28.7 Å². The lowest BCUT2D eigenvalue weighted by molar-refractivity contribution is -0.118. The van der Waals surface area contributed by atoms with E-state index in [0.29, 0.717) is 5.13 Å². The third-order valence-corrected chi connectivity index (χ3v) is 5.96. The van der Waals surface area contributed by atoms with Crippen molar-refractivity contribution in [2.75, 3.05) is 11.9 Å². The molecule has 118 valence electrons. The predicted octanol–water partition coefficient (Wildman–Crippen LogP) is 3.82. The largest absolute Gasteiger partial charge is 0.309 e. The van der Waals surface area contributed by atoms with Crippen LogP contribution in [0.2, 0.25) is 0 Å². The number of thiazole rings is 1. The van der Waals surface area contributed by atoms with Gasteiger partial charge in [0.2, 0.25) is 5.91 Å². The molecule has 2 N–H and O–H groups in total. The van der Waals surface area contributed by atoms with Gasteiger partial charge in [-0.2, -0.15) is 0 Å². The van der Waals surface area contributed by atoms with Gasteiger partial charge in [0.25, 0.3) is 0 Å². The second-order valence-electron chi connectivity index (χ2n) is 7.12. The molecule has 1 saturated carbocycles. The van der Waals surface area contributed by atoms with Crippen molar-refractivity contribution in [2.24, 2.45) is 16.7 Å². The van der Waals surface area contributed by atoms with Crippen LogP contribution in [0.3, 0.4) is 0 Å². The van der Waals surface area contributed by atoms with Crippen molar-refractivity contribution in [2.45, 2.75) is 54.0 Å². The first-order valence-electron chi connectivity index (χ1n) is 7.71. The number of carbonyl (C=O) groups is 1. The first-order chi connectivity index (χ1) is 9.71. The van der Waals surface area contributed by atoms with Crippen molar-refractivity contribution in [1.82, 2.24) is 10.3 Å². The average Bonchev–Trinajstić information content (AvgIpc) is 2.72. The van der Waals surface area contributed by atoms with Gasteiger partial charge >= 0.3 is 0 Å². The molecule has 1 unspecified atom stereocenters. The summed E-state index contributed by atoms with van der Waals surface area (Å²) in [6.45, 7) is 13.8. The minimum absolute atomic E-state index is 0.0626. The Morgan fingerprint density at radius 3 is 2.52 bits per heavy atom. The predicted molar refractivity (Wildman–Crippen MR) is 88.5 cm³/mol. The van der Waals surface area contributed by atoms with Gasteiger partial charge in [-0.15, -0.1) is 11.3 Å². The Hall–Kier alpha value is -0.940. The normalized spacial score (nSPS) is 21.0. The van der Waals surface area contributed by atoms with Crippen LogP contribution in [0, 0.1) is 16.7 Å². The topological polar surface area (TPSA) is 54.0 Å². The molecule has 0 aliphatic heterocycles. The van der Waals surface area contributed by atoms with Crippen molar-refractivity contribution in [1.29, 1.82) is 0 Å². The molecule has 1 aromatic rings. The monoisotopic (exact) mass is 309 g/mol. The summed E-state index contributed by atoms with van der Waals surface area (Å²) in [5.74, 6) is 0.160. The first-order valence-corrected chi connectivity index (χ1v) is 8.59. The zero-order chi connectivity index (χ0) is 15.8. The van der Waals surface area contributed by atoms with Crippen LogP contribution in [0.1, 0.15) is 59.7 Å². The minimum Gasteiger partial charge on any atom is -0.309 e. The molecule has 1 aliphatic carbocycles. The Morgan fingerprint density at radius 2 is 2.00 bits per heavy atom. The summed E-state index contributed by atoms with van der Waals surface area (Å²) in [5, 5.41) is 9.12. The fraction of sp³-hybridized carbons (Fsp3) is 0.750. The number of nitrogens with one attached hydrogen (secondary N) is 2. The van der Waals surface area contributed by atoms with E-state index in [1.165, 1.54) is 11.3 Å². The van der Waals surface area contributed by atoms with Gasteiger partial charge in [0, 0.05) is 17.3 Å². The molecular weight excluding hydrogens is 282 g/mol. The van der Waals surface area contributed by atoms with E-state index in [1.54, 1.807) is 0 Å². The van der Waals surface area contributed by atoms with Crippen molar-refractivity contribution < 1.29 is 4.79 Å². The lowest BCUT2D eigenvalue weighted by Crippen LogP contribution is -2.20. The molecular formula is C16H27N3OS. The van der Waals surface area contributed by atoms with Gasteiger partial charge in [-0.3, -0.25) is 4.79 Å². The van der Waals surface area contributed by atoms with Gasteiger partial charge in [-0.1, -0.05) is 34.6 Å². The van der Waals surface area contributed by atoms with E-state index in [0.717, 1.165) is 18.7 Å². The average molecular weight is 309 g/mol. The molecule has 1 aromatic heterocycles. The van der Waals surface area contributed by atoms with Gasteiger partial charge < -0.3 is 10.6 Å². The first kappa shape index (κ1) is 16.4. The zero-order valence-corrected chi connectivity index (χ0v) is 14.7. The van der Waals surface area contributed by atoms with Crippen LogP contribution in [0.25, 0.3) is 0 Å². The van der Waals surface area contributed by atoms with Crippen molar-refractivity contribution in [3.63, 3.8) is 0 Å². The van der Waals surface area contributed by atoms with Crippen molar-refractivity contribution in [3.8, 4) is 0 Å². The molecule has 1 amide bonds. The number of anilines is 1. The van der Waals surface area contributed by atoms with E-state index in [4.69, 9.17) is 0 Å². The molecule has 0 aromatic carbocycles. The Labute approximate surface area is 131 Å². The van der Waals surface area contributed by atoms with E-state index in [9.17, 15) is 4.79 Å².